The van der Waals surface area contributed by atoms with Crippen molar-refractivity contribution in [3.8, 4) is 22.9 Å². The van der Waals surface area contributed by atoms with Crippen LogP contribution in [0.25, 0.3) is 71.2 Å². The summed E-state index contributed by atoms with van der Waals surface area (Å²) in [5, 5.41) is 16.2. The summed E-state index contributed by atoms with van der Waals surface area (Å²) in [6, 6.07) is 46.7. The summed E-state index contributed by atoms with van der Waals surface area (Å²) < 4.78 is 2.41. The minimum absolute atomic E-state index is 0.667. The molecule has 0 radical (unpaired) electrons. The number of hydrogen-bond acceptors (Lipinski definition) is 2. The van der Waals surface area contributed by atoms with Crippen molar-refractivity contribution < 1.29 is 0 Å². The molecular formula is C36H21N3. The van der Waals surface area contributed by atoms with Crippen LogP contribution in [0.15, 0.2) is 127 Å². The van der Waals surface area contributed by atoms with Crippen LogP contribution >= 0.6 is 0 Å². The number of para-hydroxylation sites is 2. The standard InChI is InChI=1S/C36H21N3/c37-22-23-13-15-24(16-14-23)26-18-20-34-31(21-26)28-9-4-6-12-33(28)39(34)36-29-10-3-5-11-32(29)38-35-27-8-2-1-7-25(27)17-19-30(35)36/h1-21H. The predicted octanol–water partition coefficient (Wildman–Crippen LogP) is 9.18. The van der Waals surface area contributed by atoms with Gasteiger partial charge in [-0.05, 0) is 52.9 Å². The monoisotopic (exact) mass is 495 g/mol. The van der Waals surface area contributed by atoms with E-state index in [1.807, 2.05) is 24.3 Å². The van der Waals surface area contributed by atoms with Crippen LogP contribution < -0.4 is 0 Å². The van der Waals surface area contributed by atoms with Gasteiger partial charge in [0.2, 0.25) is 0 Å². The van der Waals surface area contributed by atoms with Gasteiger partial charge in [-0.3, -0.25) is 0 Å². The first-order valence-corrected chi connectivity index (χ1v) is 13.0. The van der Waals surface area contributed by atoms with Crippen LogP contribution in [-0.2, 0) is 0 Å². The van der Waals surface area contributed by atoms with Crippen LogP contribution in [0, 0.1) is 11.3 Å². The van der Waals surface area contributed by atoms with Gasteiger partial charge in [0.05, 0.1) is 39.4 Å². The Balaban J connectivity index is 1.51. The van der Waals surface area contributed by atoms with Crippen molar-refractivity contribution in [2.24, 2.45) is 0 Å². The average molecular weight is 496 g/mol. The molecule has 180 valence electrons. The zero-order valence-corrected chi connectivity index (χ0v) is 21.0. The SMILES string of the molecule is N#Cc1ccc(-c2ccc3c(c2)c2ccccc2n3-c2c3ccccc3nc3c2ccc2ccccc23)cc1. The lowest BCUT2D eigenvalue weighted by molar-refractivity contribution is 1.21. The second kappa shape index (κ2) is 8.28. The van der Waals surface area contributed by atoms with Crippen molar-refractivity contribution in [1.29, 1.82) is 5.26 Å². The smallest absolute Gasteiger partial charge is 0.0991 e. The van der Waals surface area contributed by atoms with Gasteiger partial charge in [-0.2, -0.15) is 5.26 Å². The second-order valence-corrected chi connectivity index (χ2v) is 9.93. The van der Waals surface area contributed by atoms with E-state index in [0.717, 1.165) is 55.0 Å². The van der Waals surface area contributed by atoms with Gasteiger partial charge >= 0.3 is 0 Å². The Morgan fingerprint density at radius 2 is 1.23 bits per heavy atom. The lowest BCUT2D eigenvalue weighted by atomic mass is 10.0. The molecular weight excluding hydrogens is 474 g/mol. The van der Waals surface area contributed by atoms with Gasteiger partial charge in [-0.1, -0.05) is 91.0 Å². The molecule has 39 heavy (non-hydrogen) atoms. The molecule has 8 rings (SSSR count). The first kappa shape index (κ1) is 21.6. The Labute approximate surface area is 224 Å². The molecule has 0 bridgehead atoms. The van der Waals surface area contributed by atoms with Gasteiger partial charge in [0.1, 0.15) is 0 Å². The fourth-order valence-electron chi connectivity index (χ4n) is 5.98. The maximum Gasteiger partial charge on any atom is 0.0991 e. The van der Waals surface area contributed by atoms with Gasteiger partial charge in [-0.15, -0.1) is 0 Å². The molecule has 0 unspecified atom stereocenters. The molecule has 2 aromatic heterocycles. The third kappa shape index (κ3) is 3.19. The van der Waals surface area contributed by atoms with E-state index in [4.69, 9.17) is 4.98 Å². The number of nitrogens with zero attached hydrogens (tertiary/aromatic N) is 3. The number of rotatable bonds is 2. The van der Waals surface area contributed by atoms with Gasteiger partial charge in [-0.25, -0.2) is 4.98 Å². The van der Waals surface area contributed by atoms with Crippen molar-refractivity contribution >= 4 is 54.4 Å². The number of fused-ring (bicyclic) bond motifs is 7. The normalized spacial score (nSPS) is 11.6. The van der Waals surface area contributed by atoms with Crippen LogP contribution in [0.5, 0.6) is 0 Å². The fraction of sp³-hybridized carbons (Fsp3) is 0. The van der Waals surface area contributed by atoms with Crippen LogP contribution in [0.1, 0.15) is 5.56 Å². The summed E-state index contributed by atoms with van der Waals surface area (Å²) in [4.78, 5) is 5.17. The highest BCUT2D eigenvalue weighted by atomic mass is 15.0. The summed E-state index contributed by atoms with van der Waals surface area (Å²) >= 11 is 0. The third-order valence-corrected chi connectivity index (χ3v) is 7.79. The molecule has 6 aromatic carbocycles. The first-order chi connectivity index (χ1) is 19.3. The number of benzene rings is 6. The zero-order chi connectivity index (χ0) is 25.9. The maximum absolute atomic E-state index is 9.22. The predicted molar refractivity (Wildman–Crippen MR) is 161 cm³/mol. The molecule has 0 aliphatic rings. The van der Waals surface area contributed by atoms with E-state index in [1.54, 1.807) is 0 Å². The van der Waals surface area contributed by atoms with E-state index < -0.39 is 0 Å². The van der Waals surface area contributed by atoms with Crippen molar-refractivity contribution in [3.05, 3.63) is 133 Å². The highest BCUT2D eigenvalue weighted by molar-refractivity contribution is 6.17. The minimum Gasteiger partial charge on any atom is -0.308 e. The van der Waals surface area contributed by atoms with Crippen molar-refractivity contribution in [1.82, 2.24) is 9.55 Å². The third-order valence-electron chi connectivity index (χ3n) is 7.79. The molecule has 3 heteroatoms. The van der Waals surface area contributed by atoms with E-state index in [9.17, 15) is 5.26 Å². The lowest BCUT2D eigenvalue weighted by Crippen LogP contribution is -1.99. The van der Waals surface area contributed by atoms with Crippen LogP contribution in [0.4, 0.5) is 0 Å². The molecule has 0 N–H and O–H groups in total. The van der Waals surface area contributed by atoms with Gasteiger partial charge < -0.3 is 4.57 Å². The Morgan fingerprint density at radius 3 is 2.08 bits per heavy atom. The highest BCUT2D eigenvalue weighted by Crippen LogP contribution is 2.40. The van der Waals surface area contributed by atoms with Gasteiger partial charge in [0.15, 0.2) is 0 Å². The molecule has 0 aliphatic heterocycles. The number of aromatic nitrogens is 2. The first-order valence-electron chi connectivity index (χ1n) is 13.0. The Hall–Kier alpha value is -5.46. The van der Waals surface area contributed by atoms with E-state index in [1.165, 1.54) is 16.2 Å². The molecule has 0 amide bonds. The van der Waals surface area contributed by atoms with E-state index in [2.05, 4.69) is 114 Å². The summed E-state index contributed by atoms with van der Waals surface area (Å²) in [5.41, 5.74) is 8.36. The Bertz CT molecular complexity index is 2280. The average Bonchev–Trinajstić information content (AvgIpc) is 3.33. The molecule has 0 saturated heterocycles. The molecule has 0 fully saturated rings. The molecule has 3 nitrogen and oxygen atoms in total. The van der Waals surface area contributed by atoms with Crippen LogP contribution in [0.2, 0.25) is 0 Å². The Morgan fingerprint density at radius 1 is 0.538 bits per heavy atom. The van der Waals surface area contributed by atoms with Crippen molar-refractivity contribution in [2.75, 3.05) is 0 Å². The summed E-state index contributed by atoms with van der Waals surface area (Å²) in [7, 11) is 0. The quantitative estimate of drug-likeness (QED) is 0.177. The zero-order valence-electron chi connectivity index (χ0n) is 21.0. The Kier molecular flexibility index (Phi) is 4.59. The second-order valence-electron chi connectivity index (χ2n) is 9.93. The van der Waals surface area contributed by atoms with Crippen LogP contribution in [0.3, 0.4) is 0 Å². The van der Waals surface area contributed by atoms with Gasteiger partial charge in [0, 0.05) is 26.9 Å². The van der Waals surface area contributed by atoms with E-state index in [0.29, 0.717) is 5.56 Å². The number of nitriles is 1. The molecule has 0 aliphatic carbocycles. The molecule has 0 atom stereocenters. The van der Waals surface area contributed by atoms with Crippen molar-refractivity contribution in [3.63, 3.8) is 0 Å². The molecule has 2 heterocycles. The summed E-state index contributed by atoms with van der Waals surface area (Å²) in [5.74, 6) is 0. The molecule has 0 saturated carbocycles. The van der Waals surface area contributed by atoms with Gasteiger partial charge in [0.25, 0.3) is 0 Å². The van der Waals surface area contributed by atoms with E-state index >= 15 is 0 Å². The molecule has 8 aromatic rings. The summed E-state index contributed by atoms with van der Waals surface area (Å²) in [6.07, 6.45) is 0. The van der Waals surface area contributed by atoms with Crippen LogP contribution in [-0.4, -0.2) is 9.55 Å². The fourth-order valence-corrected chi connectivity index (χ4v) is 5.98. The number of hydrogen-bond donors (Lipinski definition) is 0. The topological polar surface area (TPSA) is 41.6 Å². The maximum atomic E-state index is 9.22. The minimum atomic E-state index is 0.667. The molecule has 0 spiro atoms. The van der Waals surface area contributed by atoms with Crippen molar-refractivity contribution in [2.45, 2.75) is 0 Å². The number of pyridine rings is 1. The highest BCUT2D eigenvalue weighted by Gasteiger charge is 2.19. The summed E-state index contributed by atoms with van der Waals surface area (Å²) in [6.45, 7) is 0. The lowest BCUT2D eigenvalue weighted by Gasteiger charge is -2.16. The largest absolute Gasteiger partial charge is 0.308 e. The van der Waals surface area contributed by atoms with E-state index in [-0.39, 0.29) is 0 Å².